The number of carbonyl (C=O) groups is 1. The van der Waals surface area contributed by atoms with Crippen molar-refractivity contribution in [3.05, 3.63) is 103 Å². The highest BCUT2D eigenvalue weighted by molar-refractivity contribution is 6.30. The van der Waals surface area contributed by atoms with Crippen molar-refractivity contribution in [2.24, 2.45) is 0 Å². The van der Waals surface area contributed by atoms with Gasteiger partial charge in [0.25, 0.3) is 5.69 Å². The summed E-state index contributed by atoms with van der Waals surface area (Å²) in [4.78, 5) is 33.1. The molecule has 0 fully saturated rings. The van der Waals surface area contributed by atoms with E-state index in [1.54, 1.807) is 12.1 Å². The zero-order chi connectivity index (χ0) is 21.7. The van der Waals surface area contributed by atoms with Crippen LogP contribution in [0.4, 0.5) is 11.4 Å². The predicted molar refractivity (Wildman–Crippen MR) is 108 cm³/mol. The number of para-hydroxylation sites is 1. The van der Waals surface area contributed by atoms with Crippen molar-refractivity contribution in [1.29, 1.82) is 0 Å². The van der Waals surface area contributed by atoms with Gasteiger partial charge in [-0.15, -0.1) is 0 Å². The van der Waals surface area contributed by atoms with Crippen molar-refractivity contribution in [3.63, 3.8) is 0 Å². The molecule has 0 spiro atoms. The van der Waals surface area contributed by atoms with Gasteiger partial charge in [0.15, 0.2) is 11.5 Å². The number of furan rings is 1. The number of ketones is 1. The highest BCUT2D eigenvalue weighted by atomic mass is 35.5. The Morgan fingerprint density at radius 2 is 1.77 bits per heavy atom. The summed E-state index contributed by atoms with van der Waals surface area (Å²) in [6.07, 6.45) is 2.53. The monoisotopic (exact) mass is 428 g/mol. The number of rotatable bonds is 8. The number of hydrogen-bond donors (Lipinski definition) is 0. The van der Waals surface area contributed by atoms with Gasteiger partial charge in [0, 0.05) is 17.2 Å². The number of carbonyl (C=O) groups excluding carboxylic acids is 1. The third-order valence-electron chi connectivity index (χ3n) is 3.94. The molecule has 0 bridgehead atoms. The number of nitro benzene ring substituents is 2. The van der Waals surface area contributed by atoms with Crippen LogP contribution in [0.2, 0.25) is 5.02 Å². The average molecular weight is 429 g/mol. The van der Waals surface area contributed by atoms with Crippen LogP contribution in [-0.4, -0.2) is 15.6 Å². The normalized spacial score (nSPS) is 10.8. The van der Waals surface area contributed by atoms with E-state index in [9.17, 15) is 25.0 Å². The summed E-state index contributed by atoms with van der Waals surface area (Å²) in [7, 11) is 0. The van der Waals surface area contributed by atoms with Gasteiger partial charge in [-0.1, -0.05) is 23.7 Å². The predicted octanol–water partition coefficient (Wildman–Crippen LogP) is 5.22. The Hall–Kier alpha value is -3.98. The lowest BCUT2D eigenvalue weighted by Crippen LogP contribution is -2.00. The second kappa shape index (κ2) is 9.01. The molecule has 1 heterocycles. The van der Waals surface area contributed by atoms with Gasteiger partial charge < -0.3 is 9.15 Å². The van der Waals surface area contributed by atoms with Gasteiger partial charge in [0.1, 0.15) is 18.1 Å². The molecule has 0 saturated carbocycles. The van der Waals surface area contributed by atoms with Gasteiger partial charge in [-0.05, 0) is 42.5 Å². The summed E-state index contributed by atoms with van der Waals surface area (Å²) >= 11 is 5.76. The van der Waals surface area contributed by atoms with Crippen LogP contribution in [0.5, 0.6) is 5.75 Å². The van der Waals surface area contributed by atoms with Crippen molar-refractivity contribution in [2.75, 3.05) is 0 Å². The Labute approximate surface area is 174 Å². The summed E-state index contributed by atoms with van der Waals surface area (Å²) < 4.78 is 10.9. The molecule has 30 heavy (non-hydrogen) atoms. The Balaban J connectivity index is 1.68. The number of allylic oxidation sites excluding steroid dienone is 1. The topological polar surface area (TPSA) is 126 Å². The maximum absolute atomic E-state index is 12.3. The van der Waals surface area contributed by atoms with Gasteiger partial charge >= 0.3 is 5.69 Å². The number of ether oxygens (including phenoxy) is 1. The molecule has 0 N–H and O–H groups in total. The van der Waals surface area contributed by atoms with Crippen molar-refractivity contribution in [2.45, 2.75) is 6.61 Å². The molecule has 0 amide bonds. The van der Waals surface area contributed by atoms with Crippen LogP contribution in [0.15, 0.2) is 65.1 Å². The molecule has 3 rings (SSSR count). The summed E-state index contributed by atoms with van der Waals surface area (Å²) in [5, 5.41) is 22.3. The van der Waals surface area contributed by atoms with E-state index < -0.39 is 15.6 Å². The minimum absolute atomic E-state index is 0.0319. The molecule has 2 aromatic carbocycles. The highest BCUT2D eigenvalue weighted by Crippen LogP contribution is 2.30. The van der Waals surface area contributed by atoms with E-state index in [4.69, 9.17) is 20.8 Å². The molecule has 0 saturated heterocycles. The fourth-order valence-corrected chi connectivity index (χ4v) is 2.72. The zero-order valence-corrected chi connectivity index (χ0v) is 15.9. The summed E-state index contributed by atoms with van der Waals surface area (Å²) in [5.74, 6) is 0.154. The van der Waals surface area contributed by atoms with E-state index in [2.05, 4.69) is 0 Å². The van der Waals surface area contributed by atoms with E-state index in [1.165, 1.54) is 48.5 Å². The van der Waals surface area contributed by atoms with Gasteiger partial charge in [0.2, 0.25) is 0 Å². The molecule has 0 aliphatic heterocycles. The van der Waals surface area contributed by atoms with Gasteiger partial charge in [-0.25, -0.2) is 0 Å². The molecule has 0 radical (unpaired) electrons. The van der Waals surface area contributed by atoms with E-state index in [1.807, 2.05) is 0 Å². The van der Waals surface area contributed by atoms with Crippen LogP contribution >= 0.6 is 11.6 Å². The van der Waals surface area contributed by atoms with Crippen molar-refractivity contribution in [1.82, 2.24) is 0 Å². The number of nitrogens with zero attached hydrogens (tertiary/aromatic N) is 2. The molecule has 0 atom stereocenters. The minimum atomic E-state index is -0.626. The maximum Gasteiger partial charge on any atom is 0.312 e. The maximum atomic E-state index is 12.3. The largest absolute Gasteiger partial charge is 0.479 e. The van der Waals surface area contributed by atoms with Crippen LogP contribution in [0.25, 0.3) is 6.08 Å². The molecule has 0 aliphatic rings. The number of benzene rings is 2. The van der Waals surface area contributed by atoms with Gasteiger partial charge in [-0.3, -0.25) is 25.0 Å². The molecular weight excluding hydrogens is 416 g/mol. The van der Waals surface area contributed by atoms with Crippen LogP contribution < -0.4 is 4.74 Å². The second-order valence-corrected chi connectivity index (χ2v) is 6.37. The zero-order valence-electron chi connectivity index (χ0n) is 15.2. The molecular formula is C20H13ClN2O7. The molecule has 0 unspecified atom stereocenters. The lowest BCUT2D eigenvalue weighted by molar-refractivity contribution is -0.386. The number of nitro groups is 2. The van der Waals surface area contributed by atoms with Crippen LogP contribution in [0, 0.1) is 20.2 Å². The Morgan fingerprint density at radius 3 is 2.50 bits per heavy atom. The lowest BCUT2D eigenvalue weighted by Gasteiger charge is -2.05. The first kappa shape index (κ1) is 20.7. The van der Waals surface area contributed by atoms with E-state index in [-0.39, 0.29) is 34.3 Å². The summed E-state index contributed by atoms with van der Waals surface area (Å²) in [5.41, 5.74) is -0.599. The summed E-state index contributed by atoms with van der Waals surface area (Å²) in [6, 6.07) is 12.8. The number of hydrogen-bond acceptors (Lipinski definition) is 7. The third kappa shape index (κ3) is 4.89. The van der Waals surface area contributed by atoms with E-state index in [0.717, 1.165) is 6.08 Å². The smallest absolute Gasteiger partial charge is 0.312 e. The van der Waals surface area contributed by atoms with Crippen LogP contribution in [0.1, 0.15) is 21.9 Å². The number of halogens is 1. The Kier molecular flexibility index (Phi) is 6.23. The van der Waals surface area contributed by atoms with Crippen molar-refractivity contribution < 1.29 is 23.8 Å². The SMILES string of the molecule is O=C(/C=C/c1ccc(COc2ccc(Cl)cc2[N+](=O)[O-])o1)c1ccccc1[N+](=O)[O-]. The van der Waals surface area contributed by atoms with E-state index >= 15 is 0 Å². The quantitative estimate of drug-likeness (QED) is 0.208. The average Bonchev–Trinajstić information content (AvgIpc) is 3.18. The molecule has 1 aromatic heterocycles. The Bertz CT molecular complexity index is 1150. The molecule has 9 nitrogen and oxygen atoms in total. The lowest BCUT2D eigenvalue weighted by atomic mass is 10.1. The molecule has 10 heteroatoms. The molecule has 0 aliphatic carbocycles. The summed E-state index contributed by atoms with van der Waals surface area (Å²) in [6.45, 7) is -0.0889. The minimum Gasteiger partial charge on any atom is -0.479 e. The highest BCUT2D eigenvalue weighted by Gasteiger charge is 2.18. The van der Waals surface area contributed by atoms with E-state index in [0.29, 0.717) is 11.5 Å². The molecule has 3 aromatic rings. The first-order chi connectivity index (χ1) is 14.3. The van der Waals surface area contributed by atoms with Crippen LogP contribution in [-0.2, 0) is 6.61 Å². The van der Waals surface area contributed by atoms with Gasteiger partial charge in [0.05, 0.1) is 15.4 Å². The van der Waals surface area contributed by atoms with Crippen molar-refractivity contribution in [3.8, 4) is 5.75 Å². The van der Waals surface area contributed by atoms with Gasteiger partial charge in [-0.2, -0.15) is 0 Å². The third-order valence-corrected chi connectivity index (χ3v) is 4.17. The second-order valence-electron chi connectivity index (χ2n) is 5.93. The first-order valence-corrected chi connectivity index (χ1v) is 8.84. The fraction of sp³-hybridized carbons (Fsp3) is 0.0500. The Morgan fingerprint density at radius 1 is 1.03 bits per heavy atom. The standard InChI is InChI=1S/C20H13ClN2O7/c21-13-5-10-20(18(11-13)23(27)28)29-12-15-7-6-14(30-15)8-9-19(24)16-3-1-2-4-17(16)22(25)26/h1-11H,12H2/b9-8+. The van der Waals surface area contributed by atoms with Crippen molar-refractivity contribution >= 4 is 34.8 Å². The molecule has 152 valence electrons. The first-order valence-electron chi connectivity index (χ1n) is 8.46. The fourth-order valence-electron chi connectivity index (χ4n) is 2.55. The van der Waals surface area contributed by atoms with Crippen LogP contribution in [0.3, 0.4) is 0 Å².